The van der Waals surface area contributed by atoms with Gasteiger partial charge in [-0.05, 0) is 38.1 Å². The highest BCUT2D eigenvalue weighted by Crippen LogP contribution is 2.33. The van der Waals surface area contributed by atoms with Crippen LogP contribution in [-0.4, -0.2) is 54.5 Å². The summed E-state index contributed by atoms with van der Waals surface area (Å²) in [5, 5.41) is 9.32. The third-order valence-electron chi connectivity index (χ3n) is 4.55. The van der Waals surface area contributed by atoms with Gasteiger partial charge < -0.3 is 15.6 Å². The standard InChI is InChI=1S/C14H28N2O2/c1-10-3-4-12(6-15)14(5-10)16-7-11(2)18-13(8-16)9-17/h10-14,17H,3-9,15H2,1-2H3. The molecule has 2 aliphatic rings. The lowest BCUT2D eigenvalue weighted by Gasteiger charge is -2.46. The zero-order chi connectivity index (χ0) is 13.1. The minimum absolute atomic E-state index is 0.0237. The first kappa shape index (κ1) is 14.3. The van der Waals surface area contributed by atoms with Crippen LogP contribution in [0.2, 0.25) is 0 Å². The van der Waals surface area contributed by atoms with Crippen LogP contribution in [0.25, 0.3) is 0 Å². The van der Waals surface area contributed by atoms with E-state index in [1.54, 1.807) is 0 Å². The number of hydrogen-bond donors (Lipinski definition) is 2. The van der Waals surface area contributed by atoms with Crippen LogP contribution in [0.1, 0.15) is 33.1 Å². The summed E-state index contributed by atoms with van der Waals surface area (Å²) < 4.78 is 5.73. The average molecular weight is 256 g/mol. The fourth-order valence-electron chi connectivity index (χ4n) is 3.59. The molecule has 1 saturated carbocycles. The molecule has 1 aliphatic heterocycles. The van der Waals surface area contributed by atoms with Crippen LogP contribution in [-0.2, 0) is 4.74 Å². The van der Waals surface area contributed by atoms with E-state index < -0.39 is 0 Å². The zero-order valence-corrected chi connectivity index (χ0v) is 11.7. The molecule has 1 aliphatic carbocycles. The van der Waals surface area contributed by atoms with E-state index in [0.29, 0.717) is 12.0 Å². The smallest absolute Gasteiger partial charge is 0.0936 e. The van der Waals surface area contributed by atoms with Gasteiger partial charge in [0.25, 0.3) is 0 Å². The van der Waals surface area contributed by atoms with Crippen molar-refractivity contribution in [2.45, 2.75) is 51.4 Å². The van der Waals surface area contributed by atoms with Crippen molar-refractivity contribution in [1.29, 1.82) is 0 Å². The van der Waals surface area contributed by atoms with Crippen LogP contribution >= 0.6 is 0 Å². The Morgan fingerprint density at radius 1 is 1.28 bits per heavy atom. The number of aliphatic hydroxyl groups excluding tert-OH is 1. The summed E-state index contributed by atoms with van der Waals surface area (Å²) in [5.41, 5.74) is 5.94. The van der Waals surface area contributed by atoms with Gasteiger partial charge in [-0.1, -0.05) is 13.3 Å². The first-order valence-electron chi connectivity index (χ1n) is 7.34. The van der Waals surface area contributed by atoms with E-state index in [2.05, 4.69) is 18.7 Å². The zero-order valence-electron chi connectivity index (χ0n) is 11.7. The normalized spacial score (nSPS) is 43.0. The molecule has 0 aromatic carbocycles. The van der Waals surface area contributed by atoms with Gasteiger partial charge in [0, 0.05) is 19.1 Å². The number of hydrogen-bond acceptors (Lipinski definition) is 4. The topological polar surface area (TPSA) is 58.7 Å². The number of ether oxygens (including phenoxy) is 1. The maximum absolute atomic E-state index is 9.32. The van der Waals surface area contributed by atoms with E-state index in [1.165, 1.54) is 19.3 Å². The molecule has 0 aromatic heterocycles. The highest BCUT2D eigenvalue weighted by molar-refractivity contribution is 4.89. The first-order chi connectivity index (χ1) is 8.63. The molecular weight excluding hydrogens is 228 g/mol. The molecule has 5 atom stereocenters. The van der Waals surface area contributed by atoms with Gasteiger partial charge >= 0.3 is 0 Å². The number of nitrogens with zero attached hydrogens (tertiary/aromatic N) is 1. The summed E-state index contributed by atoms with van der Waals surface area (Å²) in [6.07, 6.45) is 3.99. The average Bonchev–Trinajstić information content (AvgIpc) is 2.38. The minimum atomic E-state index is -0.0237. The van der Waals surface area contributed by atoms with Crippen LogP contribution < -0.4 is 5.73 Å². The molecule has 0 aromatic rings. The van der Waals surface area contributed by atoms with Gasteiger partial charge in [-0.15, -0.1) is 0 Å². The van der Waals surface area contributed by atoms with Gasteiger partial charge in [0.05, 0.1) is 18.8 Å². The predicted octanol–water partition coefficient (Wildman–Crippen LogP) is 0.832. The molecule has 2 rings (SSSR count). The summed E-state index contributed by atoms with van der Waals surface area (Å²) in [7, 11) is 0. The second-order valence-corrected chi connectivity index (χ2v) is 6.19. The second-order valence-electron chi connectivity index (χ2n) is 6.19. The summed E-state index contributed by atoms with van der Waals surface area (Å²) in [5.74, 6) is 1.41. The van der Waals surface area contributed by atoms with Gasteiger partial charge in [0.15, 0.2) is 0 Å². The number of nitrogens with two attached hydrogens (primary N) is 1. The van der Waals surface area contributed by atoms with Gasteiger partial charge in [-0.25, -0.2) is 0 Å². The Kier molecular flexibility index (Phi) is 5.01. The van der Waals surface area contributed by atoms with Crippen LogP contribution in [0.4, 0.5) is 0 Å². The fourth-order valence-corrected chi connectivity index (χ4v) is 3.59. The van der Waals surface area contributed by atoms with Crippen molar-refractivity contribution in [2.24, 2.45) is 17.6 Å². The number of aliphatic hydroxyl groups is 1. The Labute approximate surface area is 110 Å². The molecule has 106 valence electrons. The molecule has 3 N–H and O–H groups in total. The Morgan fingerprint density at radius 2 is 2.06 bits per heavy atom. The van der Waals surface area contributed by atoms with E-state index >= 15 is 0 Å². The van der Waals surface area contributed by atoms with Crippen LogP contribution in [0.15, 0.2) is 0 Å². The summed E-state index contributed by atoms with van der Waals surface area (Å²) >= 11 is 0. The molecule has 0 spiro atoms. The van der Waals surface area contributed by atoms with Gasteiger partial charge in [0.1, 0.15) is 0 Å². The van der Waals surface area contributed by atoms with E-state index in [4.69, 9.17) is 10.5 Å². The number of morpholine rings is 1. The molecule has 0 radical (unpaired) electrons. The minimum Gasteiger partial charge on any atom is -0.394 e. The summed E-state index contributed by atoms with van der Waals surface area (Å²) in [6.45, 7) is 7.17. The largest absolute Gasteiger partial charge is 0.394 e. The van der Waals surface area contributed by atoms with Crippen LogP contribution in [0, 0.1) is 11.8 Å². The lowest BCUT2D eigenvalue weighted by molar-refractivity contribution is -0.115. The molecule has 18 heavy (non-hydrogen) atoms. The molecule has 5 unspecified atom stereocenters. The predicted molar refractivity (Wildman–Crippen MR) is 72.3 cm³/mol. The van der Waals surface area contributed by atoms with E-state index in [9.17, 15) is 5.11 Å². The molecule has 4 heteroatoms. The second kappa shape index (κ2) is 6.33. The Morgan fingerprint density at radius 3 is 2.72 bits per heavy atom. The van der Waals surface area contributed by atoms with Crippen molar-refractivity contribution in [2.75, 3.05) is 26.2 Å². The SMILES string of the molecule is CC1CCC(CN)C(N2CC(C)OC(CO)C2)C1. The maximum atomic E-state index is 9.32. The van der Waals surface area contributed by atoms with Gasteiger partial charge in [-0.2, -0.15) is 0 Å². The van der Waals surface area contributed by atoms with E-state index in [0.717, 1.165) is 25.6 Å². The highest BCUT2D eigenvalue weighted by atomic mass is 16.5. The molecular formula is C14H28N2O2. The van der Waals surface area contributed by atoms with Crippen molar-refractivity contribution < 1.29 is 9.84 Å². The maximum Gasteiger partial charge on any atom is 0.0936 e. The molecule has 1 heterocycles. The van der Waals surface area contributed by atoms with Gasteiger partial charge in [-0.3, -0.25) is 4.90 Å². The number of rotatable bonds is 3. The monoisotopic (exact) mass is 256 g/mol. The van der Waals surface area contributed by atoms with Crippen molar-refractivity contribution in [3.05, 3.63) is 0 Å². The van der Waals surface area contributed by atoms with Crippen molar-refractivity contribution in [3.63, 3.8) is 0 Å². The van der Waals surface area contributed by atoms with Crippen LogP contribution in [0.5, 0.6) is 0 Å². The van der Waals surface area contributed by atoms with Crippen LogP contribution in [0.3, 0.4) is 0 Å². The molecule has 1 saturated heterocycles. The Bertz CT molecular complexity index is 262. The van der Waals surface area contributed by atoms with Crippen molar-refractivity contribution >= 4 is 0 Å². The molecule has 2 fully saturated rings. The summed E-state index contributed by atoms with van der Waals surface area (Å²) in [4.78, 5) is 2.52. The lowest BCUT2D eigenvalue weighted by Crippen LogP contribution is -2.56. The van der Waals surface area contributed by atoms with Gasteiger partial charge in [0.2, 0.25) is 0 Å². The van der Waals surface area contributed by atoms with E-state index in [1.807, 2.05) is 0 Å². The quantitative estimate of drug-likeness (QED) is 0.785. The first-order valence-corrected chi connectivity index (χ1v) is 7.34. The fraction of sp³-hybridized carbons (Fsp3) is 1.00. The molecule has 0 amide bonds. The van der Waals surface area contributed by atoms with Crippen molar-refractivity contribution in [1.82, 2.24) is 4.90 Å². The summed E-state index contributed by atoms with van der Waals surface area (Å²) in [6, 6.07) is 0.583. The van der Waals surface area contributed by atoms with E-state index in [-0.39, 0.29) is 18.8 Å². The Hall–Kier alpha value is -0.160. The lowest BCUT2D eigenvalue weighted by atomic mass is 9.78. The molecule has 0 bridgehead atoms. The molecule has 4 nitrogen and oxygen atoms in total. The third kappa shape index (κ3) is 3.23. The Balaban J connectivity index is 2.02. The third-order valence-corrected chi connectivity index (χ3v) is 4.55. The van der Waals surface area contributed by atoms with Crippen molar-refractivity contribution in [3.8, 4) is 0 Å². The highest BCUT2D eigenvalue weighted by Gasteiger charge is 2.36.